The van der Waals surface area contributed by atoms with E-state index >= 15 is 0 Å². The largest absolute Gasteiger partial charge is 0.383 e. The number of aromatic nitrogens is 2. The Morgan fingerprint density at radius 3 is 3.18 bits per heavy atom. The molecule has 1 N–H and O–H groups in total. The van der Waals surface area contributed by atoms with Gasteiger partial charge >= 0.3 is 0 Å². The van der Waals surface area contributed by atoms with Crippen molar-refractivity contribution in [3.63, 3.8) is 0 Å². The van der Waals surface area contributed by atoms with Gasteiger partial charge in [0, 0.05) is 31.0 Å². The van der Waals surface area contributed by atoms with Gasteiger partial charge in [-0.15, -0.1) is 0 Å². The fraction of sp³-hybridized carbons (Fsp3) is 0.357. The van der Waals surface area contributed by atoms with E-state index in [2.05, 4.69) is 52.3 Å². The van der Waals surface area contributed by atoms with Crippen LogP contribution in [0.3, 0.4) is 0 Å². The average molecular weight is 227 g/mol. The molecule has 2 aromatic rings. The predicted octanol–water partition coefficient (Wildman–Crippen LogP) is 2.65. The minimum atomic E-state index is 0.488. The van der Waals surface area contributed by atoms with Crippen molar-refractivity contribution in [2.24, 2.45) is 0 Å². The highest BCUT2D eigenvalue weighted by atomic mass is 15.1. The number of hydrogen-bond donors (Lipinski definition) is 1. The van der Waals surface area contributed by atoms with Crippen molar-refractivity contribution in [3.05, 3.63) is 48.0 Å². The third-order valence-electron chi connectivity index (χ3n) is 3.46. The van der Waals surface area contributed by atoms with Gasteiger partial charge in [-0.05, 0) is 18.1 Å². The van der Waals surface area contributed by atoms with Crippen LogP contribution in [0.1, 0.15) is 24.4 Å². The number of anilines is 1. The lowest BCUT2D eigenvalue weighted by Gasteiger charge is -2.28. The van der Waals surface area contributed by atoms with Crippen LogP contribution in [-0.2, 0) is 12.8 Å². The number of benzene rings is 1. The quantitative estimate of drug-likeness (QED) is 0.854. The SMILES string of the molecule is CCc1nccn1C1CNc2ccccc2C1. The number of nitrogens with zero attached hydrogens (tertiary/aromatic N) is 2. The molecule has 0 radical (unpaired) electrons. The van der Waals surface area contributed by atoms with E-state index in [0.29, 0.717) is 6.04 Å². The number of nitrogens with one attached hydrogen (secondary N) is 1. The summed E-state index contributed by atoms with van der Waals surface area (Å²) in [5.41, 5.74) is 2.68. The van der Waals surface area contributed by atoms with E-state index in [-0.39, 0.29) is 0 Å². The molecule has 3 rings (SSSR count). The zero-order valence-electron chi connectivity index (χ0n) is 10.1. The lowest BCUT2D eigenvalue weighted by atomic mass is 9.99. The second-order valence-electron chi connectivity index (χ2n) is 4.50. The van der Waals surface area contributed by atoms with Crippen molar-refractivity contribution < 1.29 is 0 Å². The fourth-order valence-electron chi connectivity index (χ4n) is 2.57. The summed E-state index contributed by atoms with van der Waals surface area (Å²) in [6.45, 7) is 3.14. The minimum absolute atomic E-state index is 0.488. The minimum Gasteiger partial charge on any atom is -0.383 e. The lowest BCUT2D eigenvalue weighted by molar-refractivity contribution is 0.492. The number of hydrogen-bond acceptors (Lipinski definition) is 2. The summed E-state index contributed by atoms with van der Waals surface area (Å²) in [4.78, 5) is 4.40. The summed E-state index contributed by atoms with van der Waals surface area (Å²) in [5, 5.41) is 3.50. The summed E-state index contributed by atoms with van der Waals surface area (Å²) in [6.07, 6.45) is 6.08. The second-order valence-corrected chi connectivity index (χ2v) is 4.50. The van der Waals surface area contributed by atoms with Gasteiger partial charge in [0.25, 0.3) is 0 Å². The maximum atomic E-state index is 4.40. The van der Waals surface area contributed by atoms with Crippen LogP contribution in [-0.4, -0.2) is 16.1 Å². The molecule has 1 aromatic carbocycles. The van der Waals surface area contributed by atoms with Crippen LogP contribution < -0.4 is 5.32 Å². The maximum Gasteiger partial charge on any atom is 0.108 e. The molecule has 0 bridgehead atoms. The summed E-state index contributed by atoms with van der Waals surface area (Å²) >= 11 is 0. The van der Waals surface area contributed by atoms with Crippen LogP contribution >= 0.6 is 0 Å². The van der Waals surface area contributed by atoms with Crippen LogP contribution in [0.15, 0.2) is 36.7 Å². The van der Waals surface area contributed by atoms with Gasteiger partial charge in [0.2, 0.25) is 0 Å². The van der Waals surface area contributed by atoms with Crippen LogP contribution in [0.5, 0.6) is 0 Å². The highest BCUT2D eigenvalue weighted by Gasteiger charge is 2.20. The Hall–Kier alpha value is -1.77. The molecule has 17 heavy (non-hydrogen) atoms. The van der Waals surface area contributed by atoms with Crippen molar-refractivity contribution in [3.8, 4) is 0 Å². The summed E-state index contributed by atoms with van der Waals surface area (Å²) in [5.74, 6) is 1.18. The molecule has 1 unspecified atom stereocenters. The standard InChI is InChI=1S/C14H17N3/c1-2-14-15-7-8-17(14)12-9-11-5-3-4-6-13(11)16-10-12/h3-8,12,16H,2,9-10H2,1H3. The van der Waals surface area contributed by atoms with Crippen molar-refractivity contribution in [2.75, 3.05) is 11.9 Å². The van der Waals surface area contributed by atoms with E-state index in [1.54, 1.807) is 0 Å². The smallest absolute Gasteiger partial charge is 0.108 e. The van der Waals surface area contributed by atoms with E-state index in [9.17, 15) is 0 Å². The van der Waals surface area contributed by atoms with Crippen molar-refractivity contribution in [1.29, 1.82) is 0 Å². The van der Waals surface area contributed by atoms with Crippen LogP contribution in [0.2, 0.25) is 0 Å². The number of para-hydroxylation sites is 1. The number of imidazole rings is 1. The van der Waals surface area contributed by atoms with Crippen LogP contribution in [0.25, 0.3) is 0 Å². The molecule has 0 saturated heterocycles. The third kappa shape index (κ3) is 1.82. The molecule has 1 aromatic heterocycles. The van der Waals surface area contributed by atoms with Crippen molar-refractivity contribution in [1.82, 2.24) is 9.55 Å². The Labute approximate surface area is 101 Å². The summed E-state index contributed by atoms with van der Waals surface area (Å²) in [6, 6.07) is 9.04. The van der Waals surface area contributed by atoms with E-state index in [0.717, 1.165) is 19.4 Å². The Balaban J connectivity index is 1.89. The van der Waals surface area contributed by atoms with Crippen molar-refractivity contribution in [2.45, 2.75) is 25.8 Å². The average Bonchev–Trinajstić information content (AvgIpc) is 2.86. The first-order valence-corrected chi connectivity index (χ1v) is 6.22. The molecule has 88 valence electrons. The zero-order chi connectivity index (χ0) is 11.7. The first kappa shape index (κ1) is 10.4. The molecule has 3 nitrogen and oxygen atoms in total. The molecule has 1 aliphatic heterocycles. The Kier molecular flexibility index (Phi) is 2.59. The molecule has 2 heterocycles. The first-order valence-electron chi connectivity index (χ1n) is 6.22. The number of fused-ring (bicyclic) bond motifs is 1. The topological polar surface area (TPSA) is 29.9 Å². The molecular weight excluding hydrogens is 210 g/mol. The Bertz CT molecular complexity index is 516. The molecule has 0 saturated carbocycles. The molecule has 3 heteroatoms. The first-order chi connectivity index (χ1) is 8.38. The summed E-state index contributed by atoms with van der Waals surface area (Å²) in [7, 11) is 0. The molecule has 0 spiro atoms. The van der Waals surface area contributed by atoms with E-state index in [1.807, 2.05) is 6.20 Å². The highest BCUT2D eigenvalue weighted by molar-refractivity contribution is 5.53. The Morgan fingerprint density at radius 1 is 1.41 bits per heavy atom. The van der Waals surface area contributed by atoms with E-state index < -0.39 is 0 Å². The second kappa shape index (κ2) is 4.24. The van der Waals surface area contributed by atoms with E-state index in [1.165, 1.54) is 17.1 Å². The van der Waals surface area contributed by atoms with Crippen molar-refractivity contribution >= 4 is 5.69 Å². The Morgan fingerprint density at radius 2 is 2.29 bits per heavy atom. The van der Waals surface area contributed by atoms with Gasteiger partial charge in [0.15, 0.2) is 0 Å². The van der Waals surface area contributed by atoms with Gasteiger partial charge in [0.05, 0.1) is 6.04 Å². The van der Waals surface area contributed by atoms with Gasteiger partial charge in [-0.1, -0.05) is 25.1 Å². The van der Waals surface area contributed by atoms with Gasteiger partial charge in [0.1, 0.15) is 5.82 Å². The molecule has 0 fully saturated rings. The van der Waals surface area contributed by atoms with Gasteiger partial charge in [-0.2, -0.15) is 0 Å². The highest BCUT2D eigenvalue weighted by Crippen LogP contribution is 2.27. The van der Waals surface area contributed by atoms with Gasteiger partial charge in [-0.25, -0.2) is 4.98 Å². The van der Waals surface area contributed by atoms with Crippen LogP contribution in [0, 0.1) is 0 Å². The van der Waals surface area contributed by atoms with Gasteiger partial charge in [-0.3, -0.25) is 0 Å². The van der Waals surface area contributed by atoms with Gasteiger partial charge < -0.3 is 9.88 Å². The molecule has 0 amide bonds. The monoisotopic (exact) mass is 227 g/mol. The lowest BCUT2D eigenvalue weighted by Crippen LogP contribution is -2.26. The molecular formula is C14H17N3. The molecule has 0 aliphatic carbocycles. The third-order valence-corrected chi connectivity index (χ3v) is 3.46. The summed E-state index contributed by atoms with van der Waals surface area (Å²) < 4.78 is 2.31. The number of rotatable bonds is 2. The predicted molar refractivity (Wildman–Crippen MR) is 69.3 cm³/mol. The van der Waals surface area contributed by atoms with E-state index in [4.69, 9.17) is 0 Å². The number of aryl methyl sites for hydroxylation is 1. The van der Waals surface area contributed by atoms with Crippen LogP contribution in [0.4, 0.5) is 5.69 Å². The normalized spacial score (nSPS) is 18.5. The molecule has 1 aliphatic rings. The fourth-order valence-corrected chi connectivity index (χ4v) is 2.57. The zero-order valence-corrected chi connectivity index (χ0v) is 10.1. The maximum absolute atomic E-state index is 4.40. The molecule has 1 atom stereocenters.